The van der Waals surface area contributed by atoms with Crippen LogP contribution in [0.25, 0.3) is 22.2 Å². The third kappa shape index (κ3) is 5.74. The van der Waals surface area contributed by atoms with E-state index in [1.165, 1.54) is 11.8 Å². The van der Waals surface area contributed by atoms with Gasteiger partial charge in [0.05, 0.1) is 28.8 Å². The van der Waals surface area contributed by atoms with Crippen molar-refractivity contribution in [2.45, 2.75) is 32.5 Å². The van der Waals surface area contributed by atoms with Crippen LogP contribution in [-0.4, -0.2) is 48.3 Å². The molecular weight excluding hydrogens is 516 g/mol. The first-order valence-electron chi connectivity index (χ1n) is 12.7. The zero-order chi connectivity index (χ0) is 27.4. The number of rotatable bonds is 5. The number of carbonyl (C=O) groups excluding carboxylic acids is 2. The Hall–Kier alpha value is -3.96. The molecule has 198 valence electrons. The Labute approximate surface area is 231 Å². The van der Waals surface area contributed by atoms with E-state index in [-0.39, 0.29) is 18.8 Å². The number of aryl methyl sites for hydroxylation is 1. The molecule has 1 atom stereocenters. The van der Waals surface area contributed by atoms with Crippen LogP contribution in [0.4, 0.5) is 0 Å². The number of ether oxygens (including phenoxy) is 3. The minimum atomic E-state index is -0.427. The second-order valence-electron chi connectivity index (χ2n) is 9.21. The quantitative estimate of drug-likeness (QED) is 0.226. The van der Waals surface area contributed by atoms with Crippen LogP contribution in [0, 0.1) is 18.8 Å². The summed E-state index contributed by atoms with van der Waals surface area (Å²) in [5, 5.41) is 5.83. The monoisotopic (exact) mass is 542 g/mol. The number of nitrogens with zero attached hydrogens (tertiary/aromatic N) is 2. The summed E-state index contributed by atoms with van der Waals surface area (Å²) in [5.74, 6) is 5.39. The normalized spacial score (nSPS) is 15.0. The van der Waals surface area contributed by atoms with Gasteiger partial charge in [0.15, 0.2) is 6.29 Å². The first-order valence-corrected chi connectivity index (χ1v) is 13.1. The fraction of sp³-hybridized carbons (Fsp3) is 0.258. The predicted molar refractivity (Wildman–Crippen MR) is 149 cm³/mol. The van der Waals surface area contributed by atoms with Gasteiger partial charge in [-0.15, -0.1) is 0 Å². The molecule has 0 N–H and O–H groups in total. The van der Waals surface area contributed by atoms with Crippen LogP contribution >= 0.6 is 11.6 Å². The van der Waals surface area contributed by atoms with Crippen LogP contribution < -0.4 is 0 Å². The highest BCUT2D eigenvalue weighted by molar-refractivity contribution is 6.34. The highest BCUT2D eigenvalue weighted by atomic mass is 35.5. The Morgan fingerprint density at radius 1 is 1.13 bits per heavy atom. The molecule has 0 spiro atoms. The van der Waals surface area contributed by atoms with Gasteiger partial charge >= 0.3 is 5.97 Å². The van der Waals surface area contributed by atoms with Crippen molar-refractivity contribution in [2.24, 2.45) is 0 Å². The van der Waals surface area contributed by atoms with Gasteiger partial charge < -0.3 is 14.2 Å². The van der Waals surface area contributed by atoms with Crippen molar-refractivity contribution < 1.29 is 23.8 Å². The van der Waals surface area contributed by atoms with Crippen molar-refractivity contribution in [1.82, 2.24) is 9.78 Å². The fourth-order valence-corrected chi connectivity index (χ4v) is 4.87. The maximum absolute atomic E-state index is 13.8. The molecule has 0 bridgehead atoms. The Morgan fingerprint density at radius 3 is 2.67 bits per heavy atom. The smallest absolute Gasteiger partial charge is 0.337 e. The maximum atomic E-state index is 13.8. The molecule has 1 unspecified atom stereocenters. The molecule has 4 aromatic rings. The summed E-state index contributed by atoms with van der Waals surface area (Å²) in [6.07, 6.45) is 2.82. The van der Waals surface area contributed by atoms with Gasteiger partial charge in [-0.05, 0) is 68.1 Å². The van der Waals surface area contributed by atoms with Gasteiger partial charge in [-0.2, -0.15) is 9.78 Å². The van der Waals surface area contributed by atoms with Crippen LogP contribution in [0.1, 0.15) is 51.1 Å². The van der Waals surface area contributed by atoms with E-state index in [1.807, 2.05) is 31.2 Å². The predicted octanol–water partition coefficient (Wildman–Crippen LogP) is 6.03. The van der Waals surface area contributed by atoms with Gasteiger partial charge in [-0.25, -0.2) is 4.79 Å². The number of benzene rings is 3. The number of hydrogen-bond acceptors (Lipinski definition) is 6. The number of aromatic nitrogens is 2. The second kappa shape index (κ2) is 11.8. The van der Waals surface area contributed by atoms with Crippen LogP contribution in [0.3, 0.4) is 0 Å². The summed E-state index contributed by atoms with van der Waals surface area (Å²) in [6.45, 7) is 2.80. The number of carbonyl (C=O) groups is 2. The van der Waals surface area contributed by atoms with Crippen LogP contribution in [0.15, 0.2) is 60.7 Å². The molecule has 39 heavy (non-hydrogen) atoms. The van der Waals surface area contributed by atoms with E-state index in [2.05, 4.69) is 11.8 Å². The van der Waals surface area contributed by atoms with Crippen molar-refractivity contribution in [3.05, 3.63) is 87.9 Å². The van der Waals surface area contributed by atoms with Gasteiger partial charge in [0, 0.05) is 23.1 Å². The Morgan fingerprint density at radius 2 is 1.95 bits per heavy atom. The van der Waals surface area contributed by atoms with Crippen molar-refractivity contribution in [3.8, 4) is 23.1 Å². The lowest BCUT2D eigenvalue weighted by Crippen LogP contribution is -2.22. The fourth-order valence-electron chi connectivity index (χ4n) is 4.57. The third-order valence-electron chi connectivity index (χ3n) is 6.60. The molecule has 1 fully saturated rings. The topological polar surface area (TPSA) is 79.7 Å². The molecule has 5 rings (SSSR count). The van der Waals surface area contributed by atoms with E-state index < -0.39 is 5.97 Å². The average molecular weight is 543 g/mol. The summed E-state index contributed by atoms with van der Waals surface area (Å²) >= 11 is 6.44. The largest absolute Gasteiger partial charge is 0.465 e. The Balaban J connectivity index is 1.53. The van der Waals surface area contributed by atoms with E-state index >= 15 is 0 Å². The molecule has 1 aliphatic heterocycles. The molecule has 1 saturated heterocycles. The molecule has 3 aromatic carbocycles. The van der Waals surface area contributed by atoms with Crippen LogP contribution in [0.2, 0.25) is 5.02 Å². The van der Waals surface area contributed by atoms with E-state index in [0.717, 1.165) is 35.8 Å². The van der Waals surface area contributed by atoms with E-state index in [1.54, 1.807) is 36.4 Å². The molecule has 0 amide bonds. The number of esters is 1. The van der Waals surface area contributed by atoms with Crippen LogP contribution in [0.5, 0.6) is 0 Å². The van der Waals surface area contributed by atoms with E-state index in [4.69, 9.17) is 30.9 Å². The van der Waals surface area contributed by atoms with Gasteiger partial charge in [0.25, 0.3) is 5.91 Å². The lowest BCUT2D eigenvalue weighted by Gasteiger charge is -2.21. The maximum Gasteiger partial charge on any atom is 0.337 e. The molecule has 1 aliphatic rings. The summed E-state index contributed by atoms with van der Waals surface area (Å²) in [7, 11) is 1.34. The zero-order valence-electron chi connectivity index (χ0n) is 21.7. The molecule has 7 nitrogen and oxygen atoms in total. The standard InChI is InChI=1S/C31H27ClN2O5/c1-20-7-5-9-25(32)28(20)30(35)34-26-19-21(8-6-18-39-27-10-3-4-17-38-27)11-16-24(26)29(33-34)22-12-14-23(15-13-22)31(36)37-2/h5,7,9,11-16,19,27H,3-4,10,17-18H2,1-2H3. The first kappa shape index (κ1) is 26.6. The number of hydrogen-bond donors (Lipinski definition) is 0. The summed E-state index contributed by atoms with van der Waals surface area (Å²) in [6, 6.07) is 17.8. The highest BCUT2D eigenvalue weighted by Gasteiger charge is 2.22. The van der Waals surface area contributed by atoms with Crippen molar-refractivity contribution in [1.29, 1.82) is 0 Å². The third-order valence-corrected chi connectivity index (χ3v) is 6.92. The van der Waals surface area contributed by atoms with Crippen LogP contribution in [-0.2, 0) is 14.2 Å². The van der Waals surface area contributed by atoms with Crippen molar-refractivity contribution in [2.75, 3.05) is 20.3 Å². The lowest BCUT2D eigenvalue weighted by molar-refractivity contribution is -0.154. The zero-order valence-corrected chi connectivity index (χ0v) is 22.5. The lowest BCUT2D eigenvalue weighted by atomic mass is 10.0. The number of halogens is 1. The highest BCUT2D eigenvalue weighted by Crippen LogP contribution is 2.31. The molecule has 1 aromatic heterocycles. The molecule has 8 heteroatoms. The summed E-state index contributed by atoms with van der Waals surface area (Å²) < 4.78 is 17.5. The molecule has 2 heterocycles. The molecule has 0 saturated carbocycles. The average Bonchev–Trinajstić information content (AvgIpc) is 3.34. The van der Waals surface area contributed by atoms with Crippen molar-refractivity contribution >= 4 is 34.4 Å². The van der Waals surface area contributed by atoms with E-state index in [9.17, 15) is 9.59 Å². The molecule has 0 aliphatic carbocycles. The number of fused-ring (bicyclic) bond motifs is 1. The molecule has 0 radical (unpaired) electrons. The Bertz CT molecular complexity index is 1570. The molecular formula is C31H27ClN2O5. The van der Waals surface area contributed by atoms with Gasteiger partial charge in [-0.1, -0.05) is 47.7 Å². The Kier molecular flexibility index (Phi) is 8.08. The SMILES string of the molecule is COC(=O)c1ccc(-c2nn(C(=O)c3c(C)cccc3Cl)c3cc(C#CCOC4CCCCO4)ccc23)cc1. The summed E-state index contributed by atoms with van der Waals surface area (Å²) in [4.78, 5) is 25.7. The minimum absolute atomic E-state index is 0.207. The first-order chi connectivity index (χ1) is 19.0. The van der Waals surface area contributed by atoms with Gasteiger partial charge in [-0.3, -0.25) is 4.79 Å². The second-order valence-corrected chi connectivity index (χ2v) is 9.61. The minimum Gasteiger partial charge on any atom is -0.465 e. The van der Waals surface area contributed by atoms with E-state index in [0.29, 0.717) is 39.5 Å². The summed E-state index contributed by atoms with van der Waals surface area (Å²) in [5.41, 5.74) is 4.20. The van der Waals surface area contributed by atoms with Crippen molar-refractivity contribution in [3.63, 3.8) is 0 Å². The van der Waals surface area contributed by atoms with Gasteiger partial charge in [0.2, 0.25) is 0 Å². The number of methoxy groups -OCH3 is 1. The van der Waals surface area contributed by atoms with Gasteiger partial charge in [0.1, 0.15) is 12.3 Å².